The molecule has 2 aromatic rings. The molecule has 0 bridgehead atoms. The van der Waals surface area contributed by atoms with Crippen molar-refractivity contribution in [2.24, 2.45) is 0 Å². The lowest BCUT2D eigenvalue weighted by Gasteiger charge is -2.11. The van der Waals surface area contributed by atoms with Crippen LogP contribution in [0, 0.1) is 0 Å². The Morgan fingerprint density at radius 3 is 2.89 bits per heavy atom. The number of hydrogen-bond donors (Lipinski definition) is 1. The van der Waals surface area contributed by atoms with Crippen LogP contribution in [0.25, 0.3) is 0 Å². The van der Waals surface area contributed by atoms with Crippen LogP contribution in [-0.2, 0) is 6.42 Å². The number of amides is 1. The third-order valence-electron chi connectivity index (χ3n) is 3.25. The van der Waals surface area contributed by atoms with E-state index in [1.807, 2.05) is 22.9 Å². The van der Waals surface area contributed by atoms with Gasteiger partial charge in [-0.2, -0.15) is 0 Å². The zero-order valence-corrected chi connectivity index (χ0v) is 10.1. The molecule has 1 aromatic heterocycles. The molecule has 18 heavy (non-hydrogen) atoms. The molecular formula is C13H14N4O. The van der Waals surface area contributed by atoms with Gasteiger partial charge in [0.25, 0.3) is 5.91 Å². The van der Waals surface area contributed by atoms with Gasteiger partial charge in [0.1, 0.15) is 5.82 Å². The minimum Gasteiger partial charge on any atom is -0.352 e. The molecule has 0 spiro atoms. The standard InChI is InChI=1S/C13H14N4O/c1-14-13(18)12-15-11-8-7-10(17(11)16-12)9-5-3-2-4-6-9/h2-6,10H,7-8H2,1H3,(H,14,18). The Hall–Kier alpha value is -2.17. The van der Waals surface area contributed by atoms with E-state index in [-0.39, 0.29) is 17.8 Å². The van der Waals surface area contributed by atoms with Gasteiger partial charge in [-0.25, -0.2) is 9.67 Å². The van der Waals surface area contributed by atoms with Crippen LogP contribution < -0.4 is 5.32 Å². The van der Waals surface area contributed by atoms with E-state index < -0.39 is 0 Å². The van der Waals surface area contributed by atoms with E-state index in [4.69, 9.17) is 0 Å². The first-order chi connectivity index (χ1) is 8.79. The van der Waals surface area contributed by atoms with Gasteiger partial charge in [-0.15, -0.1) is 5.10 Å². The molecule has 2 heterocycles. The van der Waals surface area contributed by atoms with Crippen molar-refractivity contribution < 1.29 is 4.79 Å². The molecule has 0 saturated heterocycles. The number of aryl methyl sites for hydroxylation is 1. The molecule has 5 heteroatoms. The van der Waals surface area contributed by atoms with E-state index in [2.05, 4.69) is 27.5 Å². The van der Waals surface area contributed by atoms with E-state index in [1.54, 1.807) is 7.05 Å². The zero-order valence-electron chi connectivity index (χ0n) is 10.1. The second-order valence-corrected chi connectivity index (χ2v) is 4.34. The third-order valence-corrected chi connectivity index (χ3v) is 3.25. The van der Waals surface area contributed by atoms with Gasteiger partial charge in [0.05, 0.1) is 6.04 Å². The van der Waals surface area contributed by atoms with Crippen LogP contribution in [0.1, 0.15) is 34.5 Å². The lowest BCUT2D eigenvalue weighted by molar-refractivity contribution is 0.0952. The van der Waals surface area contributed by atoms with Crippen LogP contribution >= 0.6 is 0 Å². The van der Waals surface area contributed by atoms with Gasteiger partial charge in [-0.05, 0) is 12.0 Å². The number of nitrogens with zero attached hydrogens (tertiary/aromatic N) is 3. The van der Waals surface area contributed by atoms with Gasteiger partial charge in [0, 0.05) is 13.5 Å². The summed E-state index contributed by atoms with van der Waals surface area (Å²) in [5.41, 5.74) is 1.21. The highest BCUT2D eigenvalue weighted by molar-refractivity contribution is 5.90. The number of rotatable bonds is 2. The van der Waals surface area contributed by atoms with Crippen LogP contribution in [0.15, 0.2) is 30.3 Å². The molecule has 0 fully saturated rings. The predicted octanol–water partition coefficient (Wildman–Crippen LogP) is 1.17. The quantitative estimate of drug-likeness (QED) is 0.860. The second-order valence-electron chi connectivity index (χ2n) is 4.34. The highest BCUT2D eigenvalue weighted by Crippen LogP contribution is 2.29. The molecule has 0 radical (unpaired) electrons. The molecule has 1 N–H and O–H groups in total. The van der Waals surface area contributed by atoms with E-state index >= 15 is 0 Å². The molecule has 1 atom stereocenters. The van der Waals surface area contributed by atoms with E-state index in [0.717, 1.165) is 18.7 Å². The molecule has 1 aliphatic heterocycles. The van der Waals surface area contributed by atoms with Crippen molar-refractivity contribution in [3.63, 3.8) is 0 Å². The van der Waals surface area contributed by atoms with Crippen LogP contribution in [0.3, 0.4) is 0 Å². The van der Waals surface area contributed by atoms with E-state index in [0.29, 0.717) is 0 Å². The monoisotopic (exact) mass is 242 g/mol. The molecule has 1 amide bonds. The maximum atomic E-state index is 11.5. The number of hydrogen-bond acceptors (Lipinski definition) is 3. The van der Waals surface area contributed by atoms with Crippen molar-refractivity contribution in [1.82, 2.24) is 20.1 Å². The fourth-order valence-electron chi connectivity index (χ4n) is 2.35. The molecule has 0 saturated carbocycles. The van der Waals surface area contributed by atoms with Gasteiger partial charge < -0.3 is 5.32 Å². The first-order valence-electron chi connectivity index (χ1n) is 6.02. The van der Waals surface area contributed by atoms with Crippen molar-refractivity contribution >= 4 is 5.91 Å². The average Bonchev–Trinajstić information content (AvgIpc) is 2.98. The van der Waals surface area contributed by atoms with Crippen molar-refractivity contribution in [3.8, 4) is 0 Å². The summed E-state index contributed by atoms with van der Waals surface area (Å²) in [7, 11) is 1.59. The van der Waals surface area contributed by atoms with Gasteiger partial charge in [0.15, 0.2) is 0 Å². The molecule has 0 aliphatic carbocycles. The lowest BCUT2D eigenvalue weighted by Crippen LogP contribution is -2.20. The fourth-order valence-corrected chi connectivity index (χ4v) is 2.35. The summed E-state index contributed by atoms with van der Waals surface area (Å²) in [4.78, 5) is 15.8. The molecule has 92 valence electrons. The maximum absolute atomic E-state index is 11.5. The Balaban J connectivity index is 1.97. The highest BCUT2D eigenvalue weighted by Gasteiger charge is 2.28. The topological polar surface area (TPSA) is 59.8 Å². The number of aromatic nitrogens is 3. The number of carbonyl (C=O) groups excluding carboxylic acids is 1. The summed E-state index contributed by atoms with van der Waals surface area (Å²) in [6, 6.07) is 10.4. The van der Waals surface area contributed by atoms with E-state index in [9.17, 15) is 4.79 Å². The van der Waals surface area contributed by atoms with Crippen LogP contribution in [-0.4, -0.2) is 27.7 Å². The first kappa shape index (κ1) is 11.0. The number of carbonyl (C=O) groups is 1. The molecule has 1 unspecified atom stereocenters. The summed E-state index contributed by atoms with van der Waals surface area (Å²) >= 11 is 0. The van der Waals surface area contributed by atoms with E-state index in [1.165, 1.54) is 5.56 Å². The van der Waals surface area contributed by atoms with Crippen LogP contribution in [0.2, 0.25) is 0 Å². The Labute approximate surface area is 105 Å². The average molecular weight is 242 g/mol. The van der Waals surface area contributed by atoms with Crippen molar-refractivity contribution in [2.45, 2.75) is 18.9 Å². The minimum absolute atomic E-state index is 0.201. The largest absolute Gasteiger partial charge is 0.352 e. The molecule has 3 rings (SSSR count). The van der Waals surface area contributed by atoms with Crippen LogP contribution in [0.4, 0.5) is 0 Å². The summed E-state index contributed by atoms with van der Waals surface area (Å²) in [5.74, 6) is 0.916. The van der Waals surface area contributed by atoms with Gasteiger partial charge >= 0.3 is 0 Å². The van der Waals surface area contributed by atoms with Gasteiger partial charge in [0.2, 0.25) is 5.82 Å². The van der Waals surface area contributed by atoms with Crippen molar-refractivity contribution in [1.29, 1.82) is 0 Å². The normalized spacial score (nSPS) is 17.5. The predicted molar refractivity (Wildman–Crippen MR) is 66.3 cm³/mol. The Morgan fingerprint density at radius 1 is 1.39 bits per heavy atom. The molecule has 1 aromatic carbocycles. The smallest absolute Gasteiger partial charge is 0.290 e. The van der Waals surface area contributed by atoms with Gasteiger partial charge in [-0.1, -0.05) is 30.3 Å². The Kier molecular flexibility index (Phi) is 2.59. The SMILES string of the molecule is CNC(=O)c1nc2n(n1)C(c1ccccc1)CC2. The summed E-state index contributed by atoms with van der Waals surface area (Å²) in [5, 5.41) is 6.86. The number of fused-ring (bicyclic) bond motifs is 1. The first-order valence-corrected chi connectivity index (χ1v) is 6.02. The highest BCUT2D eigenvalue weighted by atomic mass is 16.2. The molecule has 1 aliphatic rings. The summed E-state index contributed by atoms with van der Waals surface area (Å²) in [6.45, 7) is 0. The number of nitrogens with one attached hydrogen (secondary N) is 1. The van der Waals surface area contributed by atoms with Crippen LogP contribution in [0.5, 0.6) is 0 Å². The third kappa shape index (κ3) is 1.68. The van der Waals surface area contributed by atoms with Crippen molar-refractivity contribution in [2.75, 3.05) is 7.05 Å². The second kappa shape index (κ2) is 4.25. The van der Waals surface area contributed by atoms with Crippen molar-refractivity contribution in [3.05, 3.63) is 47.5 Å². The lowest BCUT2D eigenvalue weighted by atomic mass is 10.1. The zero-order chi connectivity index (χ0) is 12.5. The fraction of sp³-hybridized carbons (Fsp3) is 0.308. The minimum atomic E-state index is -0.233. The number of benzene rings is 1. The molecular weight excluding hydrogens is 228 g/mol. The summed E-state index contributed by atoms with van der Waals surface area (Å²) in [6.07, 6.45) is 1.86. The summed E-state index contributed by atoms with van der Waals surface area (Å²) < 4.78 is 1.87. The molecule has 5 nitrogen and oxygen atoms in total. The maximum Gasteiger partial charge on any atom is 0.290 e. The Morgan fingerprint density at radius 2 is 2.17 bits per heavy atom. The van der Waals surface area contributed by atoms with Gasteiger partial charge in [-0.3, -0.25) is 4.79 Å². The Bertz CT molecular complexity index is 576.